The molecule has 64 valence electrons. The molecule has 1 heterocycles. The Morgan fingerprint density at radius 3 is 2.00 bits per heavy atom. The second-order valence-corrected chi connectivity index (χ2v) is 5.29. The van der Waals surface area contributed by atoms with Crippen LogP contribution in [0, 0.1) is 5.41 Å². The first-order valence-electron chi connectivity index (χ1n) is 4.02. The van der Waals surface area contributed by atoms with Crippen molar-refractivity contribution in [1.82, 2.24) is 0 Å². The molecule has 0 amide bonds. The van der Waals surface area contributed by atoms with Crippen molar-refractivity contribution in [3.63, 3.8) is 0 Å². The number of nitrogens with zero attached hydrogens (tertiary/aromatic N) is 1. The second kappa shape index (κ2) is 2.51. The fourth-order valence-electron chi connectivity index (χ4n) is 1.94. The number of aliphatic imine (C=N–C) groups is 1. The molecule has 0 bridgehead atoms. The van der Waals surface area contributed by atoms with Gasteiger partial charge in [0.1, 0.15) is 0 Å². The predicted molar refractivity (Wildman–Crippen MR) is 53.4 cm³/mol. The molecule has 1 aliphatic rings. The minimum Gasteiger partial charge on any atom is -0.276 e. The Kier molecular flexibility index (Phi) is 2.08. The lowest BCUT2D eigenvalue weighted by molar-refractivity contribution is 0.393. The summed E-state index contributed by atoms with van der Waals surface area (Å²) < 4.78 is 0. The lowest BCUT2D eigenvalue weighted by Gasteiger charge is -2.21. The fraction of sp³-hybridized carbons (Fsp3) is 0.889. The molecule has 0 fully saturated rings. The number of hydrogen-bond donors (Lipinski definition) is 0. The van der Waals surface area contributed by atoms with Crippen molar-refractivity contribution in [2.24, 2.45) is 10.4 Å². The highest BCUT2D eigenvalue weighted by Crippen LogP contribution is 2.41. The molecule has 0 unspecified atom stereocenters. The Morgan fingerprint density at radius 1 is 1.27 bits per heavy atom. The summed E-state index contributed by atoms with van der Waals surface area (Å²) in [5, 5.41) is 1.31. The molecule has 1 aliphatic heterocycles. The van der Waals surface area contributed by atoms with E-state index in [1.807, 2.05) is 0 Å². The molecule has 0 saturated carbocycles. The van der Waals surface area contributed by atoms with E-state index in [1.165, 1.54) is 11.5 Å². The van der Waals surface area contributed by atoms with E-state index in [9.17, 15) is 0 Å². The second-order valence-electron chi connectivity index (χ2n) is 4.49. The molecule has 0 aromatic heterocycles. The molecule has 1 nitrogen and oxygen atoms in total. The van der Waals surface area contributed by atoms with E-state index in [4.69, 9.17) is 0 Å². The van der Waals surface area contributed by atoms with Crippen LogP contribution in [0.25, 0.3) is 0 Å². The maximum Gasteiger partial charge on any atom is 0.0737 e. The van der Waals surface area contributed by atoms with E-state index < -0.39 is 0 Å². The fourth-order valence-corrected chi connectivity index (χ4v) is 2.91. The SMILES string of the molecule is CSC1=NC(C)(C)CC1(C)C. The van der Waals surface area contributed by atoms with Gasteiger partial charge in [0.2, 0.25) is 0 Å². The van der Waals surface area contributed by atoms with Gasteiger partial charge in [-0.25, -0.2) is 0 Å². The number of thioether (sulfide) groups is 1. The van der Waals surface area contributed by atoms with E-state index >= 15 is 0 Å². The Bertz CT molecular complexity index is 192. The quantitative estimate of drug-likeness (QED) is 0.546. The zero-order chi connectivity index (χ0) is 8.70. The van der Waals surface area contributed by atoms with Crippen molar-refractivity contribution in [2.75, 3.05) is 6.26 Å². The standard InChI is InChI=1S/C9H17NS/c1-8(2)6-9(3,4)10-7(8)11-5/h6H2,1-5H3. The van der Waals surface area contributed by atoms with Gasteiger partial charge in [0.05, 0.1) is 10.6 Å². The van der Waals surface area contributed by atoms with Crippen LogP contribution in [-0.4, -0.2) is 16.8 Å². The monoisotopic (exact) mass is 171 g/mol. The first-order valence-corrected chi connectivity index (χ1v) is 5.24. The summed E-state index contributed by atoms with van der Waals surface area (Å²) in [6, 6.07) is 0. The van der Waals surface area contributed by atoms with Crippen molar-refractivity contribution >= 4 is 16.8 Å². The third-order valence-electron chi connectivity index (χ3n) is 2.05. The van der Waals surface area contributed by atoms with Crippen LogP contribution in [0.1, 0.15) is 34.1 Å². The van der Waals surface area contributed by atoms with Crippen LogP contribution in [0.2, 0.25) is 0 Å². The number of hydrogen-bond acceptors (Lipinski definition) is 2. The molecule has 0 atom stereocenters. The molecular weight excluding hydrogens is 154 g/mol. The van der Waals surface area contributed by atoms with Gasteiger partial charge in [-0.15, -0.1) is 11.8 Å². The Morgan fingerprint density at radius 2 is 1.82 bits per heavy atom. The lowest BCUT2D eigenvalue weighted by Crippen LogP contribution is -2.21. The van der Waals surface area contributed by atoms with Crippen molar-refractivity contribution in [2.45, 2.75) is 39.7 Å². The van der Waals surface area contributed by atoms with Crippen LogP contribution >= 0.6 is 11.8 Å². The van der Waals surface area contributed by atoms with Crippen molar-refractivity contribution < 1.29 is 0 Å². The summed E-state index contributed by atoms with van der Waals surface area (Å²) in [4.78, 5) is 4.67. The highest BCUT2D eigenvalue weighted by atomic mass is 32.2. The topological polar surface area (TPSA) is 12.4 Å². The normalized spacial score (nSPS) is 26.8. The third kappa shape index (κ3) is 1.78. The maximum atomic E-state index is 4.67. The van der Waals surface area contributed by atoms with E-state index in [1.54, 1.807) is 11.8 Å². The van der Waals surface area contributed by atoms with Crippen LogP contribution in [0.4, 0.5) is 0 Å². The molecule has 0 radical (unpaired) electrons. The van der Waals surface area contributed by atoms with Gasteiger partial charge in [-0.05, 0) is 26.5 Å². The van der Waals surface area contributed by atoms with Gasteiger partial charge in [0.15, 0.2) is 0 Å². The van der Waals surface area contributed by atoms with Crippen LogP contribution in [0.5, 0.6) is 0 Å². The van der Waals surface area contributed by atoms with E-state index in [-0.39, 0.29) is 5.54 Å². The van der Waals surface area contributed by atoms with Gasteiger partial charge in [-0.3, -0.25) is 4.99 Å². The van der Waals surface area contributed by atoms with Crippen molar-refractivity contribution in [3.05, 3.63) is 0 Å². The first kappa shape index (κ1) is 9.11. The average molecular weight is 171 g/mol. The molecular formula is C9H17NS. The van der Waals surface area contributed by atoms with Crippen LogP contribution in [0.15, 0.2) is 4.99 Å². The van der Waals surface area contributed by atoms with Gasteiger partial charge in [0, 0.05) is 5.41 Å². The van der Waals surface area contributed by atoms with Gasteiger partial charge in [-0.1, -0.05) is 13.8 Å². The third-order valence-corrected chi connectivity index (χ3v) is 3.08. The predicted octanol–water partition coefficient (Wildman–Crippen LogP) is 2.96. The molecule has 0 spiro atoms. The molecule has 0 N–H and O–H groups in total. The lowest BCUT2D eigenvalue weighted by atomic mass is 9.85. The molecule has 0 saturated heterocycles. The Labute approximate surface area is 73.7 Å². The average Bonchev–Trinajstić information content (AvgIpc) is 1.99. The zero-order valence-electron chi connectivity index (χ0n) is 8.06. The minimum absolute atomic E-state index is 0.168. The zero-order valence-corrected chi connectivity index (χ0v) is 8.88. The van der Waals surface area contributed by atoms with Gasteiger partial charge < -0.3 is 0 Å². The maximum absolute atomic E-state index is 4.67. The molecule has 11 heavy (non-hydrogen) atoms. The van der Waals surface area contributed by atoms with Crippen molar-refractivity contribution in [1.29, 1.82) is 0 Å². The summed E-state index contributed by atoms with van der Waals surface area (Å²) in [5.41, 5.74) is 0.477. The summed E-state index contributed by atoms with van der Waals surface area (Å²) in [7, 11) is 0. The first-order chi connectivity index (χ1) is 4.87. The summed E-state index contributed by atoms with van der Waals surface area (Å²) in [6.07, 6.45) is 3.29. The van der Waals surface area contributed by atoms with Crippen molar-refractivity contribution in [3.8, 4) is 0 Å². The van der Waals surface area contributed by atoms with Crippen LogP contribution in [0.3, 0.4) is 0 Å². The van der Waals surface area contributed by atoms with E-state index in [2.05, 4.69) is 38.9 Å². The summed E-state index contributed by atoms with van der Waals surface area (Å²) in [5.74, 6) is 0. The summed E-state index contributed by atoms with van der Waals surface area (Å²) >= 11 is 1.79. The Balaban J connectivity index is 2.89. The summed E-state index contributed by atoms with van der Waals surface area (Å²) in [6.45, 7) is 8.96. The number of rotatable bonds is 0. The van der Waals surface area contributed by atoms with E-state index in [0.717, 1.165) is 0 Å². The highest BCUT2D eigenvalue weighted by molar-refractivity contribution is 8.13. The Hall–Kier alpha value is 0.0200. The highest BCUT2D eigenvalue weighted by Gasteiger charge is 2.38. The van der Waals surface area contributed by atoms with Gasteiger partial charge >= 0.3 is 0 Å². The molecule has 0 aromatic carbocycles. The van der Waals surface area contributed by atoms with E-state index in [0.29, 0.717) is 5.41 Å². The minimum atomic E-state index is 0.168. The largest absolute Gasteiger partial charge is 0.276 e. The van der Waals surface area contributed by atoms with Crippen LogP contribution < -0.4 is 0 Å². The molecule has 0 aromatic rings. The molecule has 2 heteroatoms. The van der Waals surface area contributed by atoms with Gasteiger partial charge in [-0.2, -0.15) is 0 Å². The molecule has 1 rings (SSSR count). The van der Waals surface area contributed by atoms with Crippen LogP contribution in [-0.2, 0) is 0 Å². The molecule has 0 aliphatic carbocycles. The van der Waals surface area contributed by atoms with Gasteiger partial charge in [0.25, 0.3) is 0 Å². The smallest absolute Gasteiger partial charge is 0.0737 e.